The molecule has 174 valence electrons. The fourth-order valence-electron chi connectivity index (χ4n) is 6.24. The summed E-state index contributed by atoms with van der Waals surface area (Å²) in [6.45, 7) is 2.28. The number of rotatable bonds is 6. The van der Waals surface area contributed by atoms with E-state index in [9.17, 15) is 19.5 Å². The van der Waals surface area contributed by atoms with Gasteiger partial charge < -0.3 is 20.6 Å². The second-order valence-corrected chi connectivity index (χ2v) is 11.4. The first-order valence-corrected chi connectivity index (χ1v) is 12.3. The Kier molecular flexibility index (Phi) is 5.40. The molecule has 3 N–H and O–H groups in total. The van der Waals surface area contributed by atoms with Crippen LogP contribution < -0.4 is 10.6 Å². The molecule has 3 heterocycles. The first-order chi connectivity index (χ1) is 15.8. The highest BCUT2D eigenvalue weighted by Gasteiger charge is 2.76. The molecule has 5 rings (SSSR count). The van der Waals surface area contributed by atoms with Gasteiger partial charge in [0.2, 0.25) is 17.7 Å². The van der Waals surface area contributed by atoms with Gasteiger partial charge in [-0.1, -0.05) is 30.3 Å². The molecule has 2 bridgehead atoms. The summed E-state index contributed by atoms with van der Waals surface area (Å²) in [7, 11) is 1.60. The van der Waals surface area contributed by atoms with Crippen molar-refractivity contribution in [3.63, 3.8) is 0 Å². The summed E-state index contributed by atoms with van der Waals surface area (Å²) >= 11 is 1.65. The molecular weight excluding hydrogens is 438 g/mol. The SMILES string of the molecule is CNC(=O)[C@@H]1[C@H]2C(=O)N(CCCO)C(C(=O)Nc3ccc4ccccc4c3)C23CC[C@@]1(C)S3. The molecule has 3 aliphatic rings. The van der Waals surface area contributed by atoms with Gasteiger partial charge in [0, 0.05) is 30.6 Å². The number of likely N-dealkylation sites (tertiary alicyclic amines) is 1. The van der Waals surface area contributed by atoms with Gasteiger partial charge in [0.1, 0.15) is 6.04 Å². The Balaban J connectivity index is 1.51. The zero-order valence-electron chi connectivity index (χ0n) is 18.8. The number of hydrogen-bond donors (Lipinski definition) is 3. The van der Waals surface area contributed by atoms with Crippen LogP contribution in [-0.2, 0) is 14.4 Å². The molecule has 8 heteroatoms. The van der Waals surface area contributed by atoms with E-state index >= 15 is 0 Å². The third-order valence-electron chi connectivity index (χ3n) is 7.63. The first-order valence-electron chi connectivity index (χ1n) is 11.5. The van der Waals surface area contributed by atoms with Crippen molar-refractivity contribution in [1.29, 1.82) is 0 Å². The van der Waals surface area contributed by atoms with Crippen LogP contribution in [0.5, 0.6) is 0 Å². The molecule has 3 amide bonds. The third kappa shape index (κ3) is 3.26. The van der Waals surface area contributed by atoms with Crippen LogP contribution in [0.4, 0.5) is 5.69 Å². The molecule has 3 fully saturated rings. The lowest BCUT2D eigenvalue weighted by molar-refractivity contribution is -0.140. The maximum absolute atomic E-state index is 13.8. The molecule has 1 spiro atoms. The molecule has 2 unspecified atom stereocenters. The molecule has 2 aromatic rings. The largest absolute Gasteiger partial charge is 0.396 e. The molecule has 0 radical (unpaired) electrons. The van der Waals surface area contributed by atoms with Crippen molar-refractivity contribution in [1.82, 2.24) is 10.2 Å². The van der Waals surface area contributed by atoms with Crippen LogP contribution in [0.1, 0.15) is 26.2 Å². The summed E-state index contributed by atoms with van der Waals surface area (Å²) in [5, 5.41) is 17.3. The number of hydrogen-bond acceptors (Lipinski definition) is 5. The highest BCUT2D eigenvalue weighted by Crippen LogP contribution is 2.71. The molecule has 7 nitrogen and oxygen atoms in total. The van der Waals surface area contributed by atoms with Gasteiger partial charge in [-0.05, 0) is 49.1 Å². The minimum absolute atomic E-state index is 0.0653. The fourth-order valence-corrected chi connectivity index (χ4v) is 8.60. The van der Waals surface area contributed by atoms with E-state index in [0.29, 0.717) is 25.1 Å². The zero-order chi connectivity index (χ0) is 23.4. The van der Waals surface area contributed by atoms with E-state index in [1.165, 1.54) is 0 Å². The molecule has 0 saturated carbocycles. The van der Waals surface area contributed by atoms with Crippen molar-refractivity contribution in [3.8, 4) is 0 Å². The van der Waals surface area contributed by atoms with Crippen molar-refractivity contribution >= 4 is 45.9 Å². The molecule has 0 aromatic heterocycles. The molecule has 5 atom stereocenters. The highest BCUT2D eigenvalue weighted by atomic mass is 32.2. The Morgan fingerprint density at radius 1 is 1.15 bits per heavy atom. The number of amides is 3. The Morgan fingerprint density at radius 3 is 2.64 bits per heavy atom. The standard InChI is InChI=1S/C25H29N3O4S/c1-24-10-11-25(33-24)19(18(24)21(30)26-2)23(32)28(12-5-13-29)20(25)22(31)27-17-9-8-15-6-3-4-7-16(15)14-17/h3-4,6-9,14,18-20,29H,5,10-13H2,1-2H3,(H,26,30)(H,27,31)/t18-,19-,20?,24+,25?/m0/s1. The van der Waals surface area contributed by atoms with Gasteiger partial charge >= 0.3 is 0 Å². The number of thioether (sulfide) groups is 1. The molecule has 3 saturated heterocycles. The van der Waals surface area contributed by atoms with Crippen LogP contribution in [0.25, 0.3) is 10.8 Å². The van der Waals surface area contributed by atoms with E-state index in [1.54, 1.807) is 23.7 Å². The van der Waals surface area contributed by atoms with Gasteiger partial charge in [-0.2, -0.15) is 0 Å². The first kappa shape index (κ1) is 22.2. The lowest BCUT2D eigenvalue weighted by Gasteiger charge is -2.34. The highest BCUT2D eigenvalue weighted by molar-refractivity contribution is 8.02. The van der Waals surface area contributed by atoms with Gasteiger partial charge in [-0.3, -0.25) is 14.4 Å². The van der Waals surface area contributed by atoms with E-state index in [2.05, 4.69) is 10.6 Å². The predicted molar refractivity (Wildman–Crippen MR) is 129 cm³/mol. The van der Waals surface area contributed by atoms with E-state index < -0.39 is 22.6 Å². The Bertz CT molecular complexity index is 1140. The van der Waals surface area contributed by atoms with E-state index in [1.807, 2.05) is 49.4 Å². The van der Waals surface area contributed by atoms with Crippen LogP contribution in [0.3, 0.4) is 0 Å². The maximum atomic E-state index is 13.8. The number of carbonyl (C=O) groups excluding carboxylic acids is 3. The minimum atomic E-state index is -0.686. The molecular formula is C25H29N3O4S. The molecule has 2 aromatic carbocycles. The Morgan fingerprint density at radius 2 is 1.91 bits per heavy atom. The average Bonchev–Trinajstić information content (AvgIpc) is 3.37. The number of aliphatic hydroxyl groups is 1. The summed E-state index contributed by atoms with van der Waals surface area (Å²) in [6.07, 6.45) is 1.89. The van der Waals surface area contributed by atoms with Gasteiger partial charge in [0.15, 0.2) is 0 Å². The summed E-state index contributed by atoms with van der Waals surface area (Å²) in [4.78, 5) is 41.9. The quantitative estimate of drug-likeness (QED) is 0.606. The number of aliphatic hydroxyl groups excluding tert-OH is 1. The molecule has 3 aliphatic heterocycles. The smallest absolute Gasteiger partial charge is 0.248 e. The van der Waals surface area contributed by atoms with Gasteiger partial charge in [-0.15, -0.1) is 11.8 Å². The normalized spacial score (nSPS) is 32.3. The Hall–Kier alpha value is -2.58. The topological polar surface area (TPSA) is 98.7 Å². The number of nitrogens with one attached hydrogen (secondary N) is 2. The number of anilines is 1. The zero-order valence-corrected chi connectivity index (χ0v) is 19.7. The second kappa shape index (κ2) is 8.02. The maximum Gasteiger partial charge on any atom is 0.248 e. The number of nitrogens with zero attached hydrogens (tertiary/aromatic N) is 1. The summed E-state index contributed by atoms with van der Waals surface area (Å²) in [5.41, 5.74) is 0.680. The molecule has 33 heavy (non-hydrogen) atoms. The van der Waals surface area contributed by atoms with E-state index in [-0.39, 0.29) is 29.1 Å². The summed E-state index contributed by atoms with van der Waals surface area (Å²) < 4.78 is -1.01. The second-order valence-electron chi connectivity index (χ2n) is 9.50. The van der Waals surface area contributed by atoms with Crippen LogP contribution in [-0.4, -0.2) is 63.5 Å². The van der Waals surface area contributed by atoms with Crippen molar-refractivity contribution in [2.24, 2.45) is 11.8 Å². The van der Waals surface area contributed by atoms with Crippen molar-refractivity contribution in [3.05, 3.63) is 42.5 Å². The number of carbonyl (C=O) groups is 3. The minimum Gasteiger partial charge on any atom is -0.396 e. The monoisotopic (exact) mass is 467 g/mol. The van der Waals surface area contributed by atoms with Crippen LogP contribution >= 0.6 is 11.8 Å². The summed E-state index contributed by atoms with van der Waals surface area (Å²) in [6, 6.07) is 13.0. The van der Waals surface area contributed by atoms with Gasteiger partial charge in [-0.25, -0.2) is 0 Å². The van der Waals surface area contributed by atoms with Crippen LogP contribution in [0.15, 0.2) is 42.5 Å². The van der Waals surface area contributed by atoms with Crippen LogP contribution in [0, 0.1) is 11.8 Å². The average molecular weight is 468 g/mol. The lowest BCUT2D eigenvalue weighted by Crippen LogP contribution is -2.52. The van der Waals surface area contributed by atoms with Crippen molar-refractivity contribution < 1.29 is 19.5 Å². The van der Waals surface area contributed by atoms with Crippen molar-refractivity contribution in [2.75, 3.05) is 25.5 Å². The predicted octanol–water partition coefficient (Wildman–Crippen LogP) is 2.39. The third-order valence-corrected chi connectivity index (χ3v) is 9.61. The van der Waals surface area contributed by atoms with Crippen LogP contribution in [0.2, 0.25) is 0 Å². The fraction of sp³-hybridized carbons (Fsp3) is 0.480. The number of fused-ring (bicyclic) bond motifs is 2. The summed E-state index contributed by atoms with van der Waals surface area (Å²) in [5.74, 6) is -1.52. The molecule has 0 aliphatic carbocycles. The van der Waals surface area contributed by atoms with Gasteiger partial charge in [0.05, 0.1) is 16.6 Å². The van der Waals surface area contributed by atoms with Crippen molar-refractivity contribution in [2.45, 2.75) is 41.7 Å². The number of benzene rings is 2. The van der Waals surface area contributed by atoms with E-state index in [4.69, 9.17) is 0 Å². The lowest BCUT2D eigenvalue weighted by atomic mass is 9.66. The van der Waals surface area contributed by atoms with E-state index in [0.717, 1.165) is 17.2 Å². The van der Waals surface area contributed by atoms with Gasteiger partial charge in [0.25, 0.3) is 0 Å². The Labute approximate surface area is 197 Å².